The van der Waals surface area contributed by atoms with Gasteiger partial charge >= 0.3 is 0 Å². The maximum absolute atomic E-state index is 12.6. The number of nitrogens with zero attached hydrogens (tertiary/aromatic N) is 3. The van der Waals surface area contributed by atoms with Crippen LogP contribution in [-0.4, -0.2) is 53.4 Å². The molecule has 1 aromatic heterocycles. The van der Waals surface area contributed by atoms with E-state index in [0.29, 0.717) is 18.0 Å². The molecule has 0 aliphatic heterocycles. The zero-order valence-corrected chi connectivity index (χ0v) is 16.8. The van der Waals surface area contributed by atoms with E-state index in [9.17, 15) is 4.79 Å². The smallest absolute Gasteiger partial charge is 0.228 e. The Morgan fingerprint density at radius 3 is 2.25 bits per heavy atom. The fourth-order valence-electron chi connectivity index (χ4n) is 2.37. The minimum atomic E-state index is 0. The number of halogens is 2. The van der Waals surface area contributed by atoms with E-state index in [-0.39, 0.29) is 30.7 Å². The average molecular weight is 379 g/mol. The number of nitrogens with two attached hydrogens (primary N) is 1. The molecular weight excluding hydrogens is 347 g/mol. The summed E-state index contributed by atoms with van der Waals surface area (Å²) in [4.78, 5) is 21.1. The molecule has 24 heavy (non-hydrogen) atoms. The molecule has 0 radical (unpaired) electrons. The largest absolute Gasteiger partial charge is 0.397 e. The predicted octanol–water partition coefficient (Wildman–Crippen LogP) is 2.88. The van der Waals surface area contributed by atoms with Crippen molar-refractivity contribution in [1.82, 2.24) is 14.8 Å². The lowest BCUT2D eigenvalue weighted by Crippen LogP contribution is -2.41. The number of nitrogen functional groups attached to an aromatic ring is 1. The molecule has 1 aromatic rings. The van der Waals surface area contributed by atoms with Gasteiger partial charge in [0.1, 0.15) is 0 Å². The molecule has 1 amide bonds. The first-order valence-electron chi connectivity index (χ1n) is 8.16. The molecule has 1 heterocycles. The van der Waals surface area contributed by atoms with Gasteiger partial charge in [0.15, 0.2) is 0 Å². The number of likely N-dealkylation sites (N-methyl/N-ethyl adjacent to an activating group) is 1. The first kappa shape index (κ1) is 25.2. The molecule has 0 aliphatic rings. The van der Waals surface area contributed by atoms with Crippen LogP contribution in [0.1, 0.15) is 33.4 Å². The Hall–Kier alpha value is -1.04. The van der Waals surface area contributed by atoms with Crippen LogP contribution < -0.4 is 5.73 Å². The van der Waals surface area contributed by atoms with Crippen LogP contribution in [0.25, 0.3) is 0 Å². The van der Waals surface area contributed by atoms with Gasteiger partial charge in [-0.1, -0.05) is 27.7 Å². The lowest BCUT2D eigenvalue weighted by molar-refractivity contribution is -0.131. The molecule has 5 nitrogen and oxygen atoms in total. The van der Waals surface area contributed by atoms with E-state index in [1.165, 1.54) is 0 Å². The Kier molecular flexibility index (Phi) is 13.9. The van der Waals surface area contributed by atoms with Gasteiger partial charge in [0.05, 0.1) is 18.3 Å². The minimum absolute atomic E-state index is 0. The first-order chi connectivity index (χ1) is 10.5. The van der Waals surface area contributed by atoms with E-state index in [0.717, 1.165) is 38.4 Å². The van der Waals surface area contributed by atoms with Crippen molar-refractivity contribution in [2.75, 3.05) is 38.5 Å². The summed E-state index contributed by atoms with van der Waals surface area (Å²) in [6, 6.07) is 3.61. The molecule has 0 bridgehead atoms. The topological polar surface area (TPSA) is 62.5 Å². The molecule has 7 heteroatoms. The second-order valence-corrected chi connectivity index (χ2v) is 6.02. The molecule has 0 fully saturated rings. The maximum atomic E-state index is 12.6. The van der Waals surface area contributed by atoms with Crippen molar-refractivity contribution >= 4 is 36.4 Å². The Morgan fingerprint density at radius 2 is 1.79 bits per heavy atom. The summed E-state index contributed by atoms with van der Waals surface area (Å²) < 4.78 is 0. The Labute approximate surface area is 158 Å². The van der Waals surface area contributed by atoms with Crippen LogP contribution in [-0.2, 0) is 11.2 Å². The quantitative estimate of drug-likeness (QED) is 0.717. The molecule has 1 rings (SSSR count). The normalized spacial score (nSPS) is 10.2. The summed E-state index contributed by atoms with van der Waals surface area (Å²) in [6.45, 7) is 13.1. The highest BCUT2D eigenvalue weighted by atomic mass is 35.5. The van der Waals surface area contributed by atoms with Crippen LogP contribution in [0.3, 0.4) is 0 Å². The van der Waals surface area contributed by atoms with Crippen LogP contribution >= 0.6 is 24.8 Å². The molecule has 0 atom stereocenters. The van der Waals surface area contributed by atoms with Crippen LogP contribution in [0, 0.1) is 5.92 Å². The van der Waals surface area contributed by atoms with Gasteiger partial charge in [-0.2, -0.15) is 0 Å². The number of hydrogen-bond acceptors (Lipinski definition) is 4. The summed E-state index contributed by atoms with van der Waals surface area (Å²) in [5.74, 6) is 0.596. The highest BCUT2D eigenvalue weighted by Crippen LogP contribution is 2.06. The number of pyridine rings is 1. The molecule has 0 unspecified atom stereocenters. The van der Waals surface area contributed by atoms with Gasteiger partial charge in [-0.3, -0.25) is 9.78 Å². The summed E-state index contributed by atoms with van der Waals surface area (Å²) in [6.07, 6.45) is 1.94. The van der Waals surface area contributed by atoms with E-state index in [1.807, 2.05) is 11.0 Å². The number of hydrogen-bond donors (Lipinski definition) is 1. The van der Waals surface area contributed by atoms with E-state index < -0.39 is 0 Å². The standard InChI is InChI=1S/C17H30N4O.2ClH/c1-5-20(6-2)9-10-21(13-14(3)4)17(22)11-16-8-7-15(18)12-19-16;;/h7-8,12,14H,5-6,9-11,13,18H2,1-4H3;2*1H. The van der Waals surface area contributed by atoms with Crippen LogP contribution in [0.2, 0.25) is 0 Å². The number of anilines is 1. The van der Waals surface area contributed by atoms with Gasteiger partial charge in [-0.15, -0.1) is 24.8 Å². The molecule has 2 N–H and O–H groups in total. The van der Waals surface area contributed by atoms with Crippen LogP contribution in [0.5, 0.6) is 0 Å². The lowest BCUT2D eigenvalue weighted by Gasteiger charge is -2.28. The number of carbonyl (C=O) groups is 1. The van der Waals surface area contributed by atoms with Crippen LogP contribution in [0.15, 0.2) is 18.3 Å². The number of carbonyl (C=O) groups excluding carboxylic acids is 1. The summed E-state index contributed by atoms with van der Waals surface area (Å²) in [5, 5.41) is 0. The molecule has 0 saturated carbocycles. The third-order valence-electron chi connectivity index (χ3n) is 3.70. The fourth-order valence-corrected chi connectivity index (χ4v) is 2.37. The van der Waals surface area contributed by atoms with Crippen molar-refractivity contribution < 1.29 is 4.79 Å². The third kappa shape index (κ3) is 9.30. The number of rotatable bonds is 9. The minimum Gasteiger partial charge on any atom is -0.397 e. The summed E-state index contributed by atoms with van der Waals surface area (Å²) in [7, 11) is 0. The molecule has 0 saturated heterocycles. The van der Waals surface area contributed by atoms with Gasteiger partial charge in [0.25, 0.3) is 0 Å². The van der Waals surface area contributed by atoms with Gasteiger partial charge in [0, 0.05) is 25.3 Å². The Morgan fingerprint density at radius 1 is 1.17 bits per heavy atom. The summed E-state index contributed by atoms with van der Waals surface area (Å²) in [5.41, 5.74) is 7.03. The predicted molar refractivity (Wildman–Crippen MR) is 106 cm³/mol. The van der Waals surface area contributed by atoms with Crippen molar-refractivity contribution in [3.05, 3.63) is 24.0 Å². The molecule has 0 spiro atoms. The van der Waals surface area contributed by atoms with Gasteiger partial charge < -0.3 is 15.5 Å². The Balaban J connectivity index is 0. The van der Waals surface area contributed by atoms with Crippen LogP contribution in [0.4, 0.5) is 5.69 Å². The monoisotopic (exact) mass is 378 g/mol. The van der Waals surface area contributed by atoms with E-state index >= 15 is 0 Å². The van der Waals surface area contributed by atoms with Crippen molar-refractivity contribution in [1.29, 1.82) is 0 Å². The molecular formula is C17H32Cl2N4O. The van der Waals surface area contributed by atoms with Crippen molar-refractivity contribution in [3.8, 4) is 0 Å². The van der Waals surface area contributed by atoms with E-state index in [2.05, 4.69) is 37.6 Å². The lowest BCUT2D eigenvalue weighted by atomic mass is 10.1. The SMILES string of the molecule is CCN(CC)CCN(CC(C)C)C(=O)Cc1ccc(N)cn1.Cl.Cl. The third-order valence-corrected chi connectivity index (χ3v) is 3.70. The number of amides is 1. The van der Waals surface area contributed by atoms with Crippen molar-refractivity contribution in [3.63, 3.8) is 0 Å². The molecule has 0 aliphatic carbocycles. The highest BCUT2D eigenvalue weighted by molar-refractivity contribution is 5.85. The summed E-state index contributed by atoms with van der Waals surface area (Å²) >= 11 is 0. The van der Waals surface area contributed by atoms with Crippen molar-refractivity contribution in [2.45, 2.75) is 34.1 Å². The van der Waals surface area contributed by atoms with Crippen molar-refractivity contribution in [2.24, 2.45) is 5.92 Å². The molecule has 140 valence electrons. The second-order valence-electron chi connectivity index (χ2n) is 6.02. The van der Waals surface area contributed by atoms with E-state index in [1.54, 1.807) is 12.3 Å². The fraction of sp³-hybridized carbons (Fsp3) is 0.647. The molecule has 0 aromatic carbocycles. The van der Waals surface area contributed by atoms with Gasteiger partial charge in [-0.05, 0) is 31.1 Å². The zero-order valence-electron chi connectivity index (χ0n) is 15.2. The van der Waals surface area contributed by atoms with E-state index in [4.69, 9.17) is 5.73 Å². The highest BCUT2D eigenvalue weighted by Gasteiger charge is 2.16. The van der Waals surface area contributed by atoms with Gasteiger partial charge in [0.2, 0.25) is 5.91 Å². The Bertz CT molecular complexity index is 450. The average Bonchev–Trinajstić information content (AvgIpc) is 2.49. The number of aromatic nitrogens is 1. The first-order valence-corrected chi connectivity index (χ1v) is 8.16. The van der Waals surface area contributed by atoms with Gasteiger partial charge in [-0.25, -0.2) is 0 Å². The zero-order chi connectivity index (χ0) is 16.5. The second kappa shape index (κ2) is 13.3. The maximum Gasteiger partial charge on any atom is 0.228 e.